The highest BCUT2D eigenvalue weighted by molar-refractivity contribution is 5.98. The molecule has 10 atom stereocenters. The summed E-state index contributed by atoms with van der Waals surface area (Å²) >= 11 is 0. The molecule has 2 bridgehead atoms. The molecule has 4 fully saturated rings. The van der Waals surface area contributed by atoms with Crippen LogP contribution in [0.25, 0.3) is 0 Å². The largest absolute Gasteiger partial charge is 0.467 e. The Labute approximate surface area is 266 Å². The number of fused-ring (bicyclic) bond motifs is 2. The van der Waals surface area contributed by atoms with Gasteiger partial charge in [0.25, 0.3) is 0 Å². The lowest BCUT2D eigenvalue weighted by Gasteiger charge is -2.67. The summed E-state index contributed by atoms with van der Waals surface area (Å²) in [5.41, 5.74) is -4.38. The zero-order chi connectivity index (χ0) is 33.9. The van der Waals surface area contributed by atoms with E-state index in [4.69, 9.17) is 28.4 Å². The highest BCUT2D eigenvalue weighted by Crippen LogP contribution is 2.72. The number of hydrogen-bond acceptors (Lipinski definition) is 14. The molecule has 0 amide bonds. The number of carbonyl (C=O) groups excluding carboxylic acids is 6. The van der Waals surface area contributed by atoms with Crippen molar-refractivity contribution >= 4 is 35.6 Å². The molecule has 0 aromatic rings. The van der Waals surface area contributed by atoms with Gasteiger partial charge in [-0.15, -0.1) is 0 Å². The molecule has 5 aliphatic rings. The molecular formula is C32H42O14. The number of aliphatic hydroxyl groups is 2. The zero-order valence-electron chi connectivity index (χ0n) is 26.9. The number of rotatable bonds is 9. The molecule has 0 unspecified atom stereocenters. The van der Waals surface area contributed by atoms with E-state index in [0.29, 0.717) is 5.57 Å². The molecule has 2 saturated carbocycles. The average molecular weight is 651 g/mol. The van der Waals surface area contributed by atoms with E-state index in [2.05, 4.69) is 0 Å². The molecule has 14 nitrogen and oxygen atoms in total. The van der Waals surface area contributed by atoms with E-state index in [1.54, 1.807) is 34.6 Å². The van der Waals surface area contributed by atoms with Crippen LogP contribution in [-0.4, -0.2) is 96.2 Å². The van der Waals surface area contributed by atoms with Gasteiger partial charge in [-0.25, -0.2) is 9.59 Å². The number of aliphatic hydroxyl groups excluding tert-OH is 2. The number of ether oxygens (including phenoxy) is 6. The maximum Gasteiger partial charge on any atom is 0.348 e. The first-order chi connectivity index (χ1) is 21.6. The first-order valence-electron chi connectivity index (χ1n) is 15.7. The van der Waals surface area contributed by atoms with Crippen molar-refractivity contribution in [2.75, 3.05) is 20.3 Å². The number of esters is 5. The molecule has 2 N–H and O–H groups in total. The highest BCUT2D eigenvalue weighted by atomic mass is 16.6. The fourth-order valence-electron chi connectivity index (χ4n) is 9.11. The summed E-state index contributed by atoms with van der Waals surface area (Å²) in [6, 6.07) is 0. The quantitative estimate of drug-likeness (QED) is 0.264. The van der Waals surface area contributed by atoms with Crippen molar-refractivity contribution in [3.05, 3.63) is 11.3 Å². The van der Waals surface area contributed by atoms with Crippen LogP contribution in [0.2, 0.25) is 0 Å². The predicted molar refractivity (Wildman–Crippen MR) is 152 cm³/mol. The molecule has 1 spiro atoms. The van der Waals surface area contributed by atoms with Gasteiger partial charge in [0.15, 0.2) is 11.5 Å². The second kappa shape index (κ2) is 12.0. The van der Waals surface area contributed by atoms with E-state index >= 15 is 0 Å². The third-order valence-electron chi connectivity index (χ3n) is 10.7. The summed E-state index contributed by atoms with van der Waals surface area (Å²) in [4.78, 5) is 78.1. The van der Waals surface area contributed by atoms with Crippen LogP contribution in [0.1, 0.15) is 66.7 Å². The summed E-state index contributed by atoms with van der Waals surface area (Å²) in [6.07, 6.45) is -6.98. The minimum Gasteiger partial charge on any atom is -0.467 e. The van der Waals surface area contributed by atoms with Crippen LogP contribution in [0.15, 0.2) is 11.3 Å². The lowest BCUT2D eigenvalue weighted by Crippen LogP contribution is -2.79. The topological polar surface area (TPSA) is 198 Å². The van der Waals surface area contributed by atoms with E-state index in [9.17, 15) is 39.0 Å². The van der Waals surface area contributed by atoms with Gasteiger partial charge in [0, 0.05) is 24.2 Å². The van der Waals surface area contributed by atoms with Crippen LogP contribution in [0, 0.1) is 34.5 Å². The van der Waals surface area contributed by atoms with Gasteiger partial charge >= 0.3 is 29.8 Å². The van der Waals surface area contributed by atoms with Crippen LogP contribution < -0.4 is 0 Å². The van der Waals surface area contributed by atoms with E-state index in [-0.39, 0.29) is 57.0 Å². The predicted octanol–water partition coefficient (Wildman–Crippen LogP) is 0.925. The van der Waals surface area contributed by atoms with Crippen molar-refractivity contribution in [2.45, 2.75) is 96.7 Å². The highest BCUT2D eigenvalue weighted by Gasteiger charge is 2.85. The summed E-state index contributed by atoms with van der Waals surface area (Å²) in [6.45, 7) is 8.48. The summed E-state index contributed by atoms with van der Waals surface area (Å²) in [7, 11) is 1.08. The van der Waals surface area contributed by atoms with Gasteiger partial charge in [0.05, 0.1) is 45.2 Å². The van der Waals surface area contributed by atoms with E-state index in [1.807, 2.05) is 0 Å². The fourth-order valence-corrected chi connectivity index (χ4v) is 9.11. The minimum atomic E-state index is -2.27. The first kappa shape index (κ1) is 34.0. The number of Topliss-reactive ketones (excluding diaryl/α,β-unsaturated/α-hetero) is 1. The Morgan fingerprint density at radius 1 is 1.04 bits per heavy atom. The Morgan fingerprint density at radius 2 is 1.72 bits per heavy atom. The van der Waals surface area contributed by atoms with E-state index < -0.39 is 94.2 Å². The minimum absolute atomic E-state index is 0.0345. The number of ketones is 1. The molecule has 0 radical (unpaired) electrons. The molecule has 2 heterocycles. The van der Waals surface area contributed by atoms with Crippen molar-refractivity contribution in [3.63, 3.8) is 0 Å². The van der Waals surface area contributed by atoms with Crippen LogP contribution in [0.3, 0.4) is 0 Å². The molecule has 5 rings (SSSR count). The fraction of sp³-hybridized carbons (Fsp3) is 0.750. The maximum atomic E-state index is 13.7. The van der Waals surface area contributed by atoms with Crippen molar-refractivity contribution in [1.82, 2.24) is 0 Å². The normalized spacial score (nSPS) is 39.2. The van der Waals surface area contributed by atoms with Crippen LogP contribution >= 0.6 is 0 Å². The third kappa shape index (κ3) is 4.86. The van der Waals surface area contributed by atoms with E-state index in [0.717, 1.165) is 7.11 Å². The summed E-state index contributed by atoms with van der Waals surface area (Å²) in [5, 5.41) is 23.6. The molecule has 14 heteroatoms. The average Bonchev–Trinajstić information content (AvgIpc) is 3.28. The Bertz CT molecular complexity index is 1370. The smallest absolute Gasteiger partial charge is 0.348 e. The lowest BCUT2D eigenvalue weighted by atomic mass is 9.38. The second-order valence-corrected chi connectivity index (χ2v) is 13.7. The van der Waals surface area contributed by atoms with E-state index in [1.165, 1.54) is 0 Å². The SMILES string of the molecule is CCOC(=O)CCC(=O)OC1=C(C)[C@@H]2C[C@H]3OC(=O)[C@H](OC(=O)CC(C)C)[C@H]4[C@@]5(C(=O)OC)OC[C@]34[C@H]([C@@H](O)[C@@H]5O)[C@@]2(C)CC1=O. The second-order valence-electron chi connectivity index (χ2n) is 13.7. The third-order valence-corrected chi connectivity index (χ3v) is 10.7. The number of allylic oxidation sites excluding steroid dienone is 2. The molecule has 2 aliphatic heterocycles. The Kier molecular flexibility index (Phi) is 8.88. The maximum absolute atomic E-state index is 13.7. The van der Waals surface area contributed by atoms with Crippen molar-refractivity contribution < 1.29 is 67.4 Å². The van der Waals surface area contributed by atoms with Gasteiger partial charge in [0.2, 0.25) is 11.7 Å². The Hall–Kier alpha value is -3.36. The van der Waals surface area contributed by atoms with Gasteiger partial charge in [-0.1, -0.05) is 20.8 Å². The van der Waals surface area contributed by atoms with Gasteiger partial charge in [-0.2, -0.15) is 0 Å². The van der Waals surface area contributed by atoms with Crippen molar-refractivity contribution in [3.8, 4) is 0 Å². The standard InChI is InChI=1S/C32H42O14/c1-7-42-19(34)8-9-20(35)45-23-15(4)16-11-18-31-13-43-32(29(40)41-6,27(38)22(37)25(31)30(16,5)12-17(23)33)26(31)24(28(39)44-18)46-21(36)10-14(2)3/h14,16,18,22,24-27,37-38H,7-13H2,1-6H3/t16-,18+,22+,24+,25+,26+,27-,30-,31+,32+/m0/s1. The summed E-state index contributed by atoms with van der Waals surface area (Å²) in [5.74, 6) is -7.84. The Morgan fingerprint density at radius 3 is 2.35 bits per heavy atom. The number of hydrogen-bond donors (Lipinski definition) is 2. The van der Waals surface area contributed by atoms with Gasteiger partial charge < -0.3 is 38.6 Å². The van der Waals surface area contributed by atoms with Crippen molar-refractivity contribution in [1.29, 1.82) is 0 Å². The number of carbonyl (C=O) groups is 6. The van der Waals surface area contributed by atoms with Gasteiger partial charge in [-0.3, -0.25) is 19.2 Å². The monoisotopic (exact) mass is 650 g/mol. The Balaban J connectivity index is 1.57. The van der Waals surface area contributed by atoms with Crippen LogP contribution in [-0.2, 0) is 57.2 Å². The molecular weight excluding hydrogens is 608 g/mol. The number of methoxy groups -OCH3 is 1. The van der Waals surface area contributed by atoms with Gasteiger partial charge in [-0.05, 0) is 43.1 Å². The molecule has 254 valence electrons. The zero-order valence-corrected chi connectivity index (χ0v) is 26.9. The van der Waals surface area contributed by atoms with Crippen molar-refractivity contribution in [2.24, 2.45) is 34.5 Å². The molecule has 3 aliphatic carbocycles. The van der Waals surface area contributed by atoms with Gasteiger partial charge in [0.1, 0.15) is 12.2 Å². The van der Waals surface area contributed by atoms with Crippen LogP contribution in [0.5, 0.6) is 0 Å². The molecule has 46 heavy (non-hydrogen) atoms. The molecule has 2 saturated heterocycles. The lowest BCUT2D eigenvalue weighted by molar-refractivity contribution is -0.290. The first-order valence-corrected chi connectivity index (χ1v) is 15.7. The van der Waals surface area contributed by atoms with Crippen LogP contribution in [0.4, 0.5) is 0 Å². The molecule has 0 aromatic carbocycles. The molecule has 0 aromatic heterocycles. The summed E-state index contributed by atoms with van der Waals surface area (Å²) < 4.78 is 33.2.